The molecular weight excluding hydrogens is 330 g/mol. The Balaban J connectivity index is 1.31. The number of hydrogen-bond donors (Lipinski definition) is 0. The van der Waals surface area contributed by atoms with Crippen LogP contribution in [0.15, 0.2) is 30.3 Å². The van der Waals surface area contributed by atoms with E-state index in [1.165, 1.54) is 11.3 Å². The fourth-order valence-electron chi connectivity index (χ4n) is 4.22. The summed E-state index contributed by atoms with van der Waals surface area (Å²) in [7, 11) is 0. The first-order valence-corrected chi connectivity index (χ1v) is 9.67. The van der Waals surface area contributed by atoms with Gasteiger partial charge in [-0.05, 0) is 18.4 Å². The summed E-state index contributed by atoms with van der Waals surface area (Å²) < 4.78 is 5.72. The van der Waals surface area contributed by atoms with E-state index in [0.29, 0.717) is 19.1 Å². The number of carbonyl (C=O) groups is 2. The molecule has 1 aromatic carbocycles. The van der Waals surface area contributed by atoms with Gasteiger partial charge in [-0.3, -0.25) is 24.3 Å². The van der Waals surface area contributed by atoms with Crippen LogP contribution >= 0.6 is 0 Å². The van der Waals surface area contributed by atoms with Crippen molar-refractivity contribution in [3.63, 3.8) is 0 Å². The molecule has 4 rings (SSSR count). The molecule has 0 saturated carbocycles. The molecule has 6 heteroatoms. The van der Waals surface area contributed by atoms with Crippen molar-refractivity contribution in [3.8, 4) is 0 Å². The molecule has 0 radical (unpaired) electrons. The number of likely N-dealkylation sites (tertiary alicyclic amines) is 1. The van der Waals surface area contributed by atoms with Crippen molar-refractivity contribution in [2.45, 2.75) is 38.0 Å². The summed E-state index contributed by atoms with van der Waals surface area (Å²) in [6.45, 7) is 5.83. The number of piperazine rings is 1. The van der Waals surface area contributed by atoms with Gasteiger partial charge in [0.1, 0.15) is 0 Å². The minimum atomic E-state index is -0.281. The Hall–Kier alpha value is -1.76. The molecule has 0 N–H and O–H groups in total. The highest BCUT2D eigenvalue weighted by molar-refractivity contribution is 6.05. The number of amides is 2. The standard InChI is InChI=1S/C20H27N3O3/c24-19-13-18(20(25)23(19)14-16-5-2-1-3-6-16)22-10-8-21(9-11-22)15-17-7-4-12-26-17/h1-3,5-6,17-18H,4,7-15H2/t17-,18-/m0/s1. The summed E-state index contributed by atoms with van der Waals surface area (Å²) in [6, 6.07) is 9.44. The van der Waals surface area contributed by atoms with Crippen LogP contribution in [0, 0.1) is 0 Å². The van der Waals surface area contributed by atoms with Crippen LogP contribution in [0.5, 0.6) is 0 Å². The van der Waals surface area contributed by atoms with Gasteiger partial charge < -0.3 is 4.74 Å². The second kappa shape index (κ2) is 7.86. The first kappa shape index (κ1) is 17.6. The number of nitrogens with zero attached hydrogens (tertiary/aromatic N) is 3. The van der Waals surface area contributed by atoms with Gasteiger partial charge in [0, 0.05) is 39.3 Å². The topological polar surface area (TPSA) is 53.1 Å². The van der Waals surface area contributed by atoms with E-state index in [9.17, 15) is 9.59 Å². The Morgan fingerprint density at radius 2 is 1.81 bits per heavy atom. The van der Waals surface area contributed by atoms with Gasteiger partial charge in [-0.1, -0.05) is 30.3 Å². The lowest BCUT2D eigenvalue weighted by Gasteiger charge is -2.37. The average molecular weight is 357 g/mol. The lowest BCUT2D eigenvalue weighted by molar-refractivity contribution is -0.140. The number of carbonyl (C=O) groups excluding carboxylic acids is 2. The zero-order valence-corrected chi connectivity index (χ0v) is 15.2. The molecular formula is C20H27N3O3. The molecule has 3 heterocycles. The summed E-state index contributed by atoms with van der Waals surface area (Å²) in [6.07, 6.45) is 3.01. The Bertz CT molecular complexity index is 637. The van der Waals surface area contributed by atoms with Crippen LogP contribution < -0.4 is 0 Å². The van der Waals surface area contributed by atoms with Crippen molar-refractivity contribution in [1.29, 1.82) is 0 Å². The first-order chi connectivity index (χ1) is 12.7. The van der Waals surface area contributed by atoms with Gasteiger partial charge in [-0.25, -0.2) is 0 Å². The van der Waals surface area contributed by atoms with E-state index in [0.717, 1.165) is 51.3 Å². The van der Waals surface area contributed by atoms with Gasteiger partial charge in [0.05, 0.1) is 25.1 Å². The van der Waals surface area contributed by atoms with E-state index in [4.69, 9.17) is 4.74 Å². The molecule has 3 aliphatic heterocycles. The summed E-state index contributed by atoms with van der Waals surface area (Å²) in [5.41, 5.74) is 0.997. The largest absolute Gasteiger partial charge is 0.377 e. The second-order valence-corrected chi connectivity index (χ2v) is 7.50. The zero-order chi connectivity index (χ0) is 17.9. The third-order valence-electron chi connectivity index (χ3n) is 5.74. The van der Waals surface area contributed by atoms with Gasteiger partial charge in [-0.15, -0.1) is 0 Å². The highest BCUT2D eigenvalue weighted by Crippen LogP contribution is 2.23. The molecule has 3 saturated heterocycles. The normalized spacial score (nSPS) is 28.2. The van der Waals surface area contributed by atoms with Crippen molar-refractivity contribution in [3.05, 3.63) is 35.9 Å². The number of ether oxygens (including phenoxy) is 1. The molecule has 0 spiro atoms. The van der Waals surface area contributed by atoms with Gasteiger partial charge in [0.25, 0.3) is 0 Å². The molecule has 3 fully saturated rings. The Morgan fingerprint density at radius 1 is 1.04 bits per heavy atom. The van der Waals surface area contributed by atoms with E-state index in [-0.39, 0.29) is 17.9 Å². The Kier molecular flexibility index (Phi) is 5.33. The molecule has 2 amide bonds. The first-order valence-electron chi connectivity index (χ1n) is 9.67. The summed E-state index contributed by atoms with van der Waals surface area (Å²) in [5, 5.41) is 0. The lowest BCUT2D eigenvalue weighted by Crippen LogP contribution is -2.53. The van der Waals surface area contributed by atoms with Gasteiger partial charge >= 0.3 is 0 Å². The number of rotatable bonds is 5. The predicted molar refractivity (Wildman–Crippen MR) is 97.4 cm³/mol. The monoisotopic (exact) mass is 357 g/mol. The van der Waals surface area contributed by atoms with E-state index < -0.39 is 0 Å². The van der Waals surface area contributed by atoms with Crippen LogP contribution in [0.4, 0.5) is 0 Å². The van der Waals surface area contributed by atoms with Crippen LogP contribution in [0.2, 0.25) is 0 Å². The lowest BCUT2D eigenvalue weighted by atomic mass is 10.1. The predicted octanol–water partition coefficient (Wildman–Crippen LogP) is 1.11. The third kappa shape index (κ3) is 3.82. The smallest absolute Gasteiger partial charge is 0.247 e. The molecule has 0 aromatic heterocycles. The number of hydrogen-bond acceptors (Lipinski definition) is 5. The summed E-state index contributed by atoms with van der Waals surface area (Å²) in [5.74, 6) is -0.0860. The quantitative estimate of drug-likeness (QED) is 0.739. The minimum Gasteiger partial charge on any atom is -0.377 e. The highest BCUT2D eigenvalue weighted by Gasteiger charge is 2.42. The van der Waals surface area contributed by atoms with Crippen LogP contribution in [-0.4, -0.2) is 78.0 Å². The maximum absolute atomic E-state index is 12.8. The Labute approximate surface area is 154 Å². The number of imide groups is 1. The molecule has 2 atom stereocenters. The van der Waals surface area contributed by atoms with E-state index >= 15 is 0 Å². The van der Waals surface area contributed by atoms with Crippen LogP contribution in [0.1, 0.15) is 24.8 Å². The zero-order valence-electron chi connectivity index (χ0n) is 15.2. The molecule has 0 aliphatic carbocycles. The molecule has 6 nitrogen and oxygen atoms in total. The van der Waals surface area contributed by atoms with Crippen molar-refractivity contribution in [2.24, 2.45) is 0 Å². The number of benzene rings is 1. The van der Waals surface area contributed by atoms with Crippen molar-refractivity contribution in [1.82, 2.24) is 14.7 Å². The second-order valence-electron chi connectivity index (χ2n) is 7.50. The van der Waals surface area contributed by atoms with Crippen molar-refractivity contribution in [2.75, 3.05) is 39.3 Å². The molecule has 26 heavy (non-hydrogen) atoms. The van der Waals surface area contributed by atoms with Crippen LogP contribution in [0.3, 0.4) is 0 Å². The van der Waals surface area contributed by atoms with Gasteiger partial charge in [0.15, 0.2) is 0 Å². The van der Waals surface area contributed by atoms with Crippen molar-refractivity contribution >= 4 is 11.8 Å². The average Bonchev–Trinajstić information content (AvgIpc) is 3.27. The summed E-state index contributed by atoms with van der Waals surface area (Å²) >= 11 is 0. The SMILES string of the molecule is O=C1C[C@H](N2CCN(C[C@@H]3CCCO3)CC2)C(=O)N1Cc1ccccc1. The van der Waals surface area contributed by atoms with E-state index in [2.05, 4.69) is 9.80 Å². The highest BCUT2D eigenvalue weighted by atomic mass is 16.5. The maximum atomic E-state index is 12.8. The van der Waals surface area contributed by atoms with Crippen LogP contribution in [0.25, 0.3) is 0 Å². The summed E-state index contributed by atoms with van der Waals surface area (Å²) in [4.78, 5) is 31.2. The fraction of sp³-hybridized carbons (Fsp3) is 0.600. The van der Waals surface area contributed by atoms with Crippen LogP contribution in [-0.2, 0) is 20.9 Å². The molecule has 0 unspecified atom stereocenters. The minimum absolute atomic E-state index is 0.0357. The third-order valence-corrected chi connectivity index (χ3v) is 5.74. The molecule has 1 aromatic rings. The van der Waals surface area contributed by atoms with E-state index in [1.807, 2.05) is 30.3 Å². The molecule has 140 valence electrons. The van der Waals surface area contributed by atoms with Gasteiger partial charge in [-0.2, -0.15) is 0 Å². The fourth-order valence-corrected chi connectivity index (χ4v) is 4.22. The molecule has 0 bridgehead atoms. The van der Waals surface area contributed by atoms with E-state index in [1.54, 1.807) is 0 Å². The van der Waals surface area contributed by atoms with Crippen molar-refractivity contribution < 1.29 is 14.3 Å². The Morgan fingerprint density at radius 3 is 2.50 bits per heavy atom. The maximum Gasteiger partial charge on any atom is 0.247 e. The van der Waals surface area contributed by atoms with Gasteiger partial charge in [0.2, 0.25) is 11.8 Å². The molecule has 3 aliphatic rings.